The summed E-state index contributed by atoms with van der Waals surface area (Å²) in [6, 6.07) is 7.57. The van der Waals surface area contributed by atoms with Crippen molar-refractivity contribution < 1.29 is 14.6 Å². The lowest BCUT2D eigenvalue weighted by Gasteiger charge is -2.30. The van der Waals surface area contributed by atoms with Gasteiger partial charge in [0.25, 0.3) is 0 Å². The molecule has 0 spiro atoms. The minimum atomic E-state index is -0.227. The normalized spacial score (nSPS) is 22.4. The summed E-state index contributed by atoms with van der Waals surface area (Å²) in [5, 5.41) is 9.54. The minimum absolute atomic E-state index is 0.0421. The molecule has 110 valence electrons. The van der Waals surface area contributed by atoms with E-state index in [1.807, 2.05) is 36.1 Å². The molecule has 0 bridgehead atoms. The lowest BCUT2D eigenvalue weighted by atomic mass is 9.86. The highest BCUT2D eigenvalue weighted by molar-refractivity contribution is 5.95. The number of nitrogens with zero attached hydrogens (tertiary/aromatic N) is 1. The minimum Gasteiger partial charge on any atom is -0.497 e. The van der Waals surface area contributed by atoms with E-state index in [0.29, 0.717) is 6.54 Å². The summed E-state index contributed by atoms with van der Waals surface area (Å²) in [6.07, 6.45) is 2.81. The van der Waals surface area contributed by atoms with E-state index in [2.05, 4.69) is 0 Å². The number of hydrogen-bond acceptors (Lipinski definition) is 3. The average Bonchev–Trinajstić information content (AvgIpc) is 2.49. The predicted molar refractivity (Wildman–Crippen MR) is 79.0 cm³/mol. The molecule has 4 nitrogen and oxygen atoms in total. The van der Waals surface area contributed by atoms with Gasteiger partial charge in [0.05, 0.1) is 13.2 Å². The third kappa shape index (κ3) is 3.31. The summed E-state index contributed by atoms with van der Waals surface area (Å²) in [7, 11) is 1.63. The maximum atomic E-state index is 12.6. The number of rotatable bonds is 4. The van der Waals surface area contributed by atoms with E-state index in [0.717, 1.165) is 37.1 Å². The number of benzene rings is 1. The first kappa shape index (κ1) is 14.9. The highest BCUT2D eigenvalue weighted by Crippen LogP contribution is 2.28. The molecule has 20 heavy (non-hydrogen) atoms. The fraction of sp³-hybridized carbons (Fsp3) is 0.562. The lowest BCUT2D eigenvalue weighted by molar-refractivity contribution is -0.123. The summed E-state index contributed by atoms with van der Waals surface area (Å²) >= 11 is 0. The van der Waals surface area contributed by atoms with Crippen molar-refractivity contribution in [3.8, 4) is 5.75 Å². The second-order valence-electron chi connectivity index (χ2n) is 5.29. The van der Waals surface area contributed by atoms with Gasteiger partial charge in [0.1, 0.15) is 5.75 Å². The zero-order valence-electron chi connectivity index (χ0n) is 12.2. The molecule has 4 heteroatoms. The summed E-state index contributed by atoms with van der Waals surface area (Å²) in [5.74, 6) is 1.00. The van der Waals surface area contributed by atoms with Gasteiger partial charge in [0.2, 0.25) is 5.91 Å². The van der Waals surface area contributed by atoms with Gasteiger partial charge in [-0.25, -0.2) is 0 Å². The molecule has 0 saturated heterocycles. The Morgan fingerprint density at radius 1 is 1.25 bits per heavy atom. The van der Waals surface area contributed by atoms with Crippen LogP contribution in [0.5, 0.6) is 5.75 Å². The number of methoxy groups -OCH3 is 1. The van der Waals surface area contributed by atoms with E-state index in [4.69, 9.17) is 4.74 Å². The van der Waals surface area contributed by atoms with Crippen LogP contribution in [-0.2, 0) is 4.79 Å². The van der Waals surface area contributed by atoms with Gasteiger partial charge in [-0.05, 0) is 56.9 Å². The molecule has 1 fully saturated rings. The first-order valence-electron chi connectivity index (χ1n) is 7.29. The van der Waals surface area contributed by atoms with Gasteiger partial charge < -0.3 is 14.7 Å². The van der Waals surface area contributed by atoms with Crippen LogP contribution < -0.4 is 9.64 Å². The third-order valence-electron chi connectivity index (χ3n) is 4.01. The van der Waals surface area contributed by atoms with Gasteiger partial charge in [0, 0.05) is 18.2 Å². The quantitative estimate of drug-likeness (QED) is 0.920. The average molecular weight is 277 g/mol. The molecule has 1 aliphatic carbocycles. The summed E-state index contributed by atoms with van der Waals surface area (Å²) in [4.78, 5) is 14.4. The number of anilines is 1. The lowest BCUT2D eigenvalue weighted by Crippen LogP contribution is -2.38. The molecule has 1 aromatic rings. The van der Waals surface area contributed by atoms with Gasteiger partial charge in [-0.15, -0.1) is 0 Å². The Bertz CT molecular complexity index is 436. The van der Waals surface area contributed by atoms with Crippen molar-refractivity contribution in [3.63, 3.8) is 0 Å². The summed E-state index contributed by atoms with van der Waals surface area (Å²) < 4.78 is 5.14. The molecule has 0 heterocycles. The molecule has 0 atom stereocenters. The van der Waals surface area contributed by atoms with Crippen LogP contribution in [-0.4, -0.2) is 30.8 Å². The Balaban J connectivity index is 2.08. The van der Waals surface area contributed by atoms with Crippen molar-refractivity contribution in [2.24, 2.45) is 5.92 Å². The first-order valence-corrected chi connectivity index (χ1v) is 7.29. The number of aliphatic hydroxyl groups is 1. The molecule has 1 aromatic carbocycles. The van der Waals surface area contributed by atoms with Crippen molar-refractivity contribution in [2.75, 3.05) is 18.6 Å². The van der Waals surface area contributed by atoms with Crippen LogP contribution in [0.25, 0.3) is 0 Å². The van der Waals surface area contributed by atoms with Crippen molar-refractivity contribution >= 4 is 11.6 Å². The molecule has 0 aromatic heterocycles. The van der Waals surface area contributed by atoms with E-state index in [1.54, 1.807) is 7.11 Å². The maximum absolute atomic E-state index is 12.6. The Kier molecular flexibility index (Phi) is 5.01. The summed E-state index contributed by atoms with van der Waals surface area (Å²) in [6.45, 7) is 2.64. The van der Waals surface area contributed by atoms with Crippen LogP contribution in [0.15, 0.2) is 24.3 Å². The van der Waals surface area contributed by atoms with Crippen LogP contribution in [0.2, 0.25) is 0 Å². The van der Waals surface area contributed by atoms with Crippen molar-refractivity contribution in [2.45, 2.75) is 38.7 Å². The Hall–Kier alpha value is -1.55. The topological polar surface area (TPSA) is 49.8 Å². The van der Waals surface area contributed by atoms with E-state index in [1.165, 1.54) is 0 Å². The van der Waals surface area contributed by atoms with Crippen molar-refractivity contribution in [1.29, 1.82) is 0 Å². The fourth-order valence-corrected chi connectivity index (χ4v) is 2.77. The first-order chi connectivity index (χ1) is 9.65. The molecule has 0 unspecified atom stereocenters. The zero-order valence-corrected chi connectivity index (χ0v) is 12.2. The zero-order chi connectivity index (χ0) is 14.5. The van der Waals surface area contributed by atoms with Gasteiger partial charge in [0.15, 0.2) is 0 Å². The second kappa shape index (κ2) is 6.75. The van der Waals surface area contributed by atoms with Crippen LogP contribution in [0.3, 0.4) is 0 Å². The molecule has 1 saturated carbocycles. The van der Waals surface area contributed by atoms with E-state index in [9.17, 15) is 9.90 Å². The van der Waals surface area contributed by atoms with Gasteiger partial charge in [-0.3, -0.25) is 4.79 Å². The third-order valence-corrected chi connectivity index (χ3v) is 4.01. The van der Waals surface area contributed by atoms with E-state index >= 15 is 0 Å². The Morgan fingerprint density at radius 3 is 2.35 bits per heavy atom. The van der Waals surface area contributed by atoms with Crippen LogP contribution >= 0.6 is 0 Å². The largest absolute Gasteiger partial charge is 0.497 e. The molecule has 0 radical (unpaired) electrons. The molecule has 1 aliphatic rings. The standard InChI is InChI=1S/C16H23NO3/c1-3-17(13-6-10-15(20-2)11-7-13)16(19)12-4-8-14(18)9-5-12/h6-7,10-12,14,18H,3-5,8-9H2,1-2H3. The molecule has 1 amide bonds. The summed E-state index contributed by atoms with van der Waals surface area (Å²) in [5.41, 5.74) is 0.907. The van der Waals surface area contributed by atoms with Crippen LogP contribution in [0.4, 0.5) is 5.69 Å². The van der Waals surface area contributed by atoms with Crippen LogP contribution in [0.1, 0.15) is 32.6 Å². The van der Waals surface area contributed by atoms with Gasteiger partial charge in [-0.2, -0.15) is 0 Å². The molecule has 0 aliphatic heterocycles. The number of carbonyl (C=O) groups is 1. The smallest absolute Gasteiger partial charge is 0.230 e. The molecular formula is C16H23NO3. The number of hydrogen-bond donors (Lipinski definition) is 1. The molecular weight excluding hydrogens is 254 g/mol. The fourth-order valence-electron chi connectivity index (χ4n) is 2.77. The van der Waals surface area contributed by atoms with Crippen LogP contribution in [0, 0.1) is 5.92 Å². The van der Waals surface area contributed by atoms with Gasteiger partial charge >= 0.3 is 0 Å². The van der Waals surface area contributed by atoms with E-state index < -0.39 is 0 Å². The van der Waals surface area contributed by atoms with Crippen molar-refractivity contribution in [1.82, 2.24) is 0 Å². The molecule has 1 N–H and O–H groups in total. The predicted octanol–water partition coefficient (Wildman–Crippen LogP) is 2.60. The Labute approximate surface area is 120 Å². The SMILES string of the molecule is CCN(C(=O)C1CCC(O)CC1)c1ccc(OC)cc1. The molecule has 2 rings (SSSR count). The van der Waals surface area contributed by atoms with Crippen molar-refractivity contribution in [3.05, 3.63) is 24.3 Å². The highest BCUT2D eigenvalue weighted by atomic mass is 16.5. The maximum Gasteiger partial charge on any atom is 0.230 e. The second-order valence-corrected chi connectivity index (χ2v) is 5.29. The monoisotopic (exact) mass is 277 g/mol. The highest BCUT2D eigenvalue weighted by Gasteiger charge is 2.28. The van der Waals surface area contributed by atoms with E-state index in [-0.39, 0.29) is 17.9 Å². The number of aliphatic hydroxyl groups excluding tert-OH is 1. The van der Waals surface area contributed by atoms with Gasteiger partial charge in [-0.1, -0.05) is 0 Å². The number of carbonyl (C=O) groups excluding carboxylic acids is 1. The number of ether oxygens (including phenoxy) is 1. The Morgan fingerprint density at radius 2 is 1.85 bits per heavy atom. The number of amides is 1.